The fourth-order valence-corrected chi connectivity index (χ4v) is 4.80. The number of likely N-dealkylation sites (tertiary alicyclic amines) is 1. The van der Waals surface area contributed by atoms with E-state index in [4.69, 9.17) is 0 Å². The lowest BCUT2D eigenvalue weighted by molar-refractivity contribution is -0.135. The second kappa shape index (κ2) is 8.12. The molecule has 2 aromatic rings. The summed E-state index contributed by atoms with van der Waals surface area (Å²) < 4.78 is 0. The zero-order valence-corrected chi connectivity index (χ0v) is 15.8. The van der Waals surface area contributed by atoms with Gasteiger partial charge in [0.15, 0.2) is 0 Å². The Morgan fingerprint density at radius 1 is 0.963 bits per heavy atom. The van der Waals surface area contributed by atoms with Gasteiger partial charge in [-0.25, -0.2) is 0 Å². The van der Waals surface area contributed by atoms with Crippen molar-refractivity contribution in [2.75, 3.05) is 19.6 Å². The third-order valence-corrected chi connectivity index (χ3v) is 6.31. The Bertz CT molecular complexity index is 827. The summed E-state index contributed by atoms with van der Waals surface area (Å²) in [4.78, 5) is 26.9. The molecule has 0 unspecified atom stereocenters. The molecule has 27 heavy (non-hydrogen) atoms. The van der Waals surface area contributed by atoms with Gasteiger partial charge in [-0.1, -0.05) is 61.7 Å². The van der Waals surface area contributed by atoms with Crippen molar-refractivity contribution in [2.24, 2.45) is 11.8 Å². The highest BCUT2D eigenvalue weighted by Crippen LogP contribution is 2.35. The number of benzene rings is 2. The number of nitrogens with one attached hydrogen (secondary N) is 1. The van der Waals surface area contributed by atoms with Gasteiger partial charge in [-0.3, -0.25) is 9.59 Å². The van der Waals surface area contributed by atoms with E-state index < -0.39 is 0 Å². The molecule has 2 aliphatic rings. The van der Waals surface area contributed by atoms with Gasteiger partial charge < -0.3 is 10.2 Å². The fourth-order valence-electron chi connectivity index (χ4n) is 4.80. The van der Waals surface area contributed by atoms with Gasteiger partial charge in [0, 0.05) is 13.1 Å². The molecule has 0 radical (unpaired) electrons. The highest BCUT2D eigenvalue weighted by molar-refractivity contribution is 5.91. The number of nitrogens with zero attached hydrogens (tertiary/aromatic N) is 1. The molecule has 1 saturated heterocycles. The quantitative estimate of drug-likeness (QED) is 0.902. The van der Waals surface area contributed by atoms with Crippen LogP contribution in [0.1, 0.15) is 37.7 Å². The van der Waals surface area contributed by atoms with Crippen LogP contribution in [0.2, 0.25) is 0 Å². The van der Waals surface area contributed by atoms with Crippen molar-refractivity contribution in [3.8, 4) is 0 Å². The minimum Gasteiger partial charge on any atom is -0.347 e. The Balaban J connectivity index is 1.30. The molecule has 1 heterocycles. The summed E-state index contributed by atoms with van der Waals surface area (Å²) in [6, 6.07) is 14.1. The first-order valence-electron chi connectivity index (χ1n) is 10.2. The predicted octanol–water partition coefficient (Wildman–Crippen LogP) is 3.54. The first kappa shape index (κ1) is 18.0. The average molecular weight is 364 g/mol. The van der Waals surface area contributed by atoms with Crippen molar-refractivity contribution in [2.45, 2.75) is 38.5 Å². The molecular formula is C23H28N2O2. The Kier molecular flexibility index (Phi) is 5.42. The van der Waals surface area contributed by atoms with Gasteiger partial charge in [0.2, 0.25) is 11.8 Å². The third kappa shape index (κ3) is 4.15. The van der Waals surface area contributed by atoms with Crippen LogP contribution in [0.15, 0.2) is 42.5 Å². The molecule has 2 amide bonds. The van der Waals surface area contributed by atoms with Crippen molar-refractivity contribution in [1.82, 2.24) is 10.2 Å². The molecule has 0 spiro atoms. The van der Waals surface area contributed by atoms with Crippen LogP contribution in [0.3, 0.4) is 0 Å². The molecule has 1 N–H and O–H groups in total. The standard InChI is InChI=1S/C23H28N2O2/c26-22(14-19-10-5-9-18-7-3-4-11-21(18)19)24-15-23(27)25-13-12-17-6-1-2-8-20(17)16-25/h3-5,7,9-11,17,20H,1-2,6,8,12-16H2,(H,24,26)/t17-,20-/m1/s1. The van der Waals surface area contributed by atoms with E-state index in [1.165, 1.54) is 25.7 Å². The lowest BCUT2D eigenvalue weighted by Gasteiger charge is -2.41. The number of hydrogen-bond acceptors (Lipinski definition) is 2. The predicted molar refractivity (Wildman–Crippen MR) is 107 cm³/mol. The summed E-state index contributed by atoms with van der Waals surface area (Å²) >= 11 is 0. The zero-order valence-electron chi connectivity index (χ0n) is 15.8. The Morgan fingerprint density at radius 3 is 2.63 bits per heavy atom. The van der Waals surface area contributed by atoms with Crippen molar-refractivity contribution in [3.05, 3.63) is 48.0 Å². The summed E-state index contributed by atoms with van der Waals surface area (Å²) in [5, 5.41) is 5.07. The molecule has 2 aromatic carbocycles. The third-order valence-electron chi connectivity index (χ3n) is 6.31. The van der Waals surface area contributed by atoms with E-state index >= 15 is 0 Å². The van der Waals surface area contributed by atoms with E-state index in [1.54, 1.807) is 0 Å². The smallest absolute Gasteiger partial charge is 0.241 e. The Morgan fingerprint density at radius 2 is 1.74 bits per heavy atom. The van der Waals surface area contributed by atoms with Gasteiger partial charge in [0.25, 0.3) is 0 Å². The van der Waals surface area contributed by atoms with Crippen LogP contribution in [0, 0.1) is 11.8 Å². The second-order valence-corrected chi connectivity index (χ2v) is 8.02. The molecule has 0 bridgehead atoms. The van der Waals surface area contributed by atoms with Crippen LogP contribution in [-0.2, 0) is 16.0 Å². The highest BCUT2D eigenvalue weighted by atomic mass is 16.2. The molecule has 1 aliphatic carbocycles. The highest BCUT2D eigenvalue weighted by Gasteiger charge is 2.32. The van der Waals surface area contributed by atoms with E-state index in [0.717, 1.165) is 41.8 Å². The molecule has 4 rings (SSSR count). The van der Waals surface area contributed by atoms with Crippen LogP contribution in [0.5, 0.6) is 0 Å². The lowest BCUT2D eigenvalue weighted by Crippen LogP contribution is -2.48. The van der Waals surface area contributed by atoms with E-state index in [-0.39, 0.29) is 18.4 Å². The summed E-state index contributed by atoms with van der Waals surface area (Å²) in [6.45, 7) is 1.84. The molecule has 1 aliphatic heterocycles. The summed E-state index contributed by atoms with van der Waals surface area (Å²) in [5.41, 5.74) is 1.00. The molecule has 0 aromatic heterocycles. The van der Waals surface area contributed by atoms with Gasteiger partial charge >= 0.3 is 0 Å². The van der Waals surface area contributed by atoms with Crippen molar-refractivity contribution in [1.29, 1.82) is 0 Å². The van der Waals surface area contributed by atoms with E-state index in [1.807, 2.05) is 35.2 Å². The van der Waals surface area contributed by atoms with E-state index in [0.29, 0.717) is 12.3 Å². The van der Waals surface area contributed by atoms with Crippen molar-refractivity contribution in [3.63, 3.8) is 0 Å². The number of piperidine rings is 1. The number of fused-ring (bicyclic) bond motifs is 2. The summed E-state index contributed by atoms with van der Waals surface area (Å²) in [6.07, 6.45) is 6.65. The fraction of sp³-hybridized carbons (Fsp3) is 0.478. The van der Waals surface area contributed by atoms with Crippen LogP contribution < -0.4 is 5.32 Å². The van der Waals surface area contributed by atoms with E-state index in [2.05, 4.69) is 17.4 Å². The zero-order chi connectivity index (χ0) is 18.6. The van der Waals surface area contributed by atoms with Gasteiger partial charge in [-0.05, 0) is 41.0 Å². The van der Waals surface area contributed by atoms with Crippen LogP contribution in [-0.4, -0.2) is 36.3 Å². The number of carbonyl (C=O) groups is 2. The van der Waals surface area contributed by atoms with E-state index in [9.17, 15) is 9.59 Å². The number of hydrogen-bond donors (Lipinski definition) is 1. The molecule has 4 heteroatoms. The van der Waals surface area contributed by atoms with Gasteiger partial charge in [0.1, 0.15) is 0 Å². The first-order chi connectivity index (χ1) is 13.2. The number of amides is 2. The van der Waals surface area contributed by atoms with Crippen molar-refractivity contribution < 1.29 is 9.59 Å². The normalized spacial score (nSPS) is 22.3. The summed E-state index contributed by atoms with van der Waals surface area (Å²) in [7, 11) is 0. The number of rotatable bonds is 4. The van der Waals surface area contributed by atoms with Gasteiger partial charge in [-0.2, -0.15) is 0 Å². The maximum Gasteiger partial charge on any atom is 0.241 e. The first-order valence-corrected chi connectivity index (χ1v) is 10.2. The van der Waals surface area contributed by atoms with Crippen LogP contribution in [0.4, 0.5) is 0 Å². The minimum absolute atomic E-state index is 0.0605. The van der Waals surface area contributed by atoms with Crippen LogP contribution >= 0.6 is 0 Å². The second-order valence-electron chi connectivity index (χ2n) is 8.02. The Hall–Kier alpha value is -2.36. The summed E-state index contributed by atoms with van der Waals surface area (Å²) in [5.74, 6) is 1.45. The molecule has 1 saturated carbocycles. The van der Waals surface area contributed by atoms with Crippen LogP contribution in [0.25, 0.3) is 10.8 Å². The maximum atomic E-state index is 12.6. The number of carbonyl (C=O) groups excluding carboxylic acids is 2. The van der Waals surface area contributed by atoms with Crippen molar-refractivity contribution >= 4 is 22.6 Å². The molecule has 4 nitrogen and oxygen atoms in total. The topological polar surface area (TPSA) is 49.4 Å². The monoisotopic (exact) mass is 364 g/mol. The molecule has 2 atom stereocenters. The SMILES string of the molecule is O=C(Cc1cccc2ccccc12)NCC(=O)N1CC[C@H]2CCCC[C@@H]2C1. The maximum absolute atomic E-state index is 12.6. The van der Waals surface area contributed by atoms with Gasteiger partial charge in [0.05, 0.1) is 13.0 Å². The molecular weight excluding hydrogens is 336 g/mol. The average Bonchev–Trinajstić information content (AvgIpc) is 2.72. The largest absolute Gasteiger partial charge is 0.347 e. The lowest BCUT2D eigenvalue weighted by atomic mass is 9.75. The van der Waals surface area contributed by atoms with Gasteiger partial charge in [-0.15, -0.1) is 0 Å². The minimum atomic E-state index is -0.0905. The molecule has 142 valence electrons. The molecule has 2 fully saturated rings. The Labute approximate surface area is 160 Å².